The van der Waals surface area contributed by atoms with Gasteiger partial charge in [0.15, 0.2) is 0 Å². The highest BCUT2D eigenvalue weighted by Crippen LogP contribution is 2.36. The zero-order valence-electron chi connectivity index (χ0n) is 9.69. The molecule has 0 aromatic carbocycles. The summed E-state index contributed by atoms with van der Waals surface area (Å²) in [5.74, 6) is 0.495. The first-order chi connectivity index (χ1) is 8.25. The SMILES string of the molecule is O=C(C1CCCc2sccc21)N1CCC(Br)C1. The Hall–Kier alpha value is -0.350. The summed E-state index contributed by atoms with van der Waals surface area (Å²) in [6, 6.07) is 2.16. The van der Waals surface area contributed by atoms with Gasteiger partial charge in [-0.1, -0.05) is 15.9 Å². The second-order valence-corrected chi connectivity index (χ2v) is 7.21. The van der Waals surface area contributed by atoms with Crippen molar-refractivity contribution < 1.29 is 4.79 Å². The highest BCUT2D eigenvalue weighted by Gasteiger charge is 2.33. The van der Waals surface area contributed by atoms with Crippen LogP contribution in [-0.4, -0.2) is 28.7 Å². The lowest BCUT2D eigenvalue weighted by Crippen LogP contribution is -2.34. The van der Waals surface area contributed by atoms with E-state index in [4.69, 9.17) is 0 Å². The van der Waals surface area contributed by atoms with E-state index >= 15 is 0 Å². The second-order valence-electron chi connectivity index (χ2n) is 4.91. The molecule has 1 amide bonds. The lowest BCUT2D eigenvalue weighted by molar-refractivity contribution is -0.132. The highest BCUT2D eigenvalue weighted by molar-refractivity contribution is 9.09. The topological polar surface area (TPSA) is 20.3 Å². The number of halogens is 1. The molecule has 2 aliphatic rings. The molecule has 0 spiro atoms. The second kappa shape index (κ2) is 4.73. The van der Waals surface area contributed by atoms with Crippen molar-refractivity contribution in [3.8, 4) is 0 Å². The number of carbonyl (C=O) groups excluding carboxylic acids is 1. The van der Waals surface area contributed by atoms with Crippen LogP contribution in [0.5, 0.6) is 0 Å². The molecule has 0 radical (unpaired) electrons. The van der Waals surface area contributed by atoms with Gasteiger partial charge in [0.25, 0.3) is 0 Å². The van der Waals surface area contributed by atoms with Crippen LogP contribution in [0.25, 0.3) is 0 Å². The van der Waals surface area contributed by atoms with Crippen LogP contribution in [0.2, 0.25) is 0 Å². The zero-order valence-corrected chi connectivity index (χ0v) is 12.1. The fourth-order valence-corrected chi connectivity index (χ4v) is 4.42. The maximum absolute atomic E-state index is 12.5. The van der Waals surface area contributed by atoms with Crippen molar-refractivity contribution >= 4 is 33.2 Å². The van der Waals surface area contributed by atoms with Gasteiger partial charge in [0, 0.05) is 22.8 Å². The van der Waals surface area contributed by atoms with Crippen LogP contribution in [0.1, 0.15) is 35.6 Å². The zero-order chi connectivity index (χ0) is 11.8. The third-order valence-electron chi connectivity index (χ3n) is 3.79. The van der Waals surface area contributed by atoms with Gasteiger partial charge in [-0.15, -0.1) is 11.3 Å². The molecule has 1 saturated heterocycles. The Kier molecular flexibility index (Phi) is 3.26. The smallest absolute Gasteiger partial charge is 0.230 e. The molecule has 1 fully saturated rings. The predicted octanol–water partition coefficient (Wildman–Crippen LogP) is 3.16. The Morgan fingerprint density at radius 3 is 3.12 bits per heavy atom. The normalized spacial score (nSPS) is 28.2. The minimum absolute atomic E-state index is 0.141. The lowest BCUT2D eigenvalue weighted by Gasteiger charge is -2.26. The summed E-state index contributed by atoms with van der Waals surface area (Å²) in [6.07, 6.45) is 4.45. The summed E-state index contributed by atoms with van der Waals surface area (Å²) >= 11 is 5.41. The van der Waals surface area contributed by atoms with Gasteiger partial charge in [0.05, 0.1) is 5.92 Å². The number of fused-ring (bicyclic) bond motifs is 1. The van der Waals surface area contributed by atoms with Crippen molar-refractivity contribution in [2.45, 2.75) is 36.4 Å². The summed E-state index contributed by atoms with van der Waals surface area (Å²) in [7, 11) is 0. The summed E-state index contributed by atoms with van der Waals surface area (Å²) in [5, 5.41) is 2.13. The van der Waals surface area contributed by atoms with Gasteiger partial charge in [0.2, 0.25) is 5.91 Å². The molecule has 0 saturated carbocycles. The monoisotopic (exact) mass is 313 g/mol. The first-order valence-corrected chi connectivity index (χ1v) is 8.04. The van der Waals surface area contributed by atoms with Crippen LogP contribution in [-0.2, 0) is 11.2 Å². The molecule has 0 bridgehead atoms. The van der Waals surface area contributed by atoms with Crippen LogP contribution >= 0.6 is 27.3 Å². The van der Waals surface area contributed by atoms with Crippen LogP contribution in [0.4, 0.5) is 0 Å². The van der Waals surface area contributed by atoms with Crippen molar-refractivity contribution in [3.05, 3.63) is 21.9 Å². The maximum Gasteiger partial charge on any atom is 0.230 e. The van der Waals surface area contributed by atoms with Crippen molar-refractivity contribution in [2.24, 2.45) is 0 Å². The molecule has 4 heteroatoms. The lowest BCUT2D eigenvalue weighted by atomic mass is 9.87. The number of amides is 1. The Morgan fingerprint density at radius 2 is 2.35 bits per heavy atom. The van der Waals surface area contributed by atoms with Crippen molar-refractivity contribution in [1.29, 1.82) is 0 Å². The molecule has 92 valence electrons. The molecule has 2 nitrogen and oxygen atoms in total. The summed E-state index contributed by atoms with van der Waals surface area (Å²) in [5.41, 5.74) is 1.31. The quantitative estimate of drug-likeness (QED) is 0.729. The minimum atomic E-state index is 0.141. The fraction of sp³-hybridized carbons (Fsp3) is 0.615. The molecule has 1 aromatic heterocycles. The molecule has 3 rings (SSSR count). The summed E-state index contributed by atoms with van der Waals surface area (Å²) in [6.45, 7) is 1.81. The van der Waals surface area contributed by atoms with E-state index in [0.717, 1.165) is 38.8 Å². The van der Waals surface area contributed by atoms with Gasteiger partial charge in [0.1, 0.15) is 0 Å². The van der Waals surface area contributed by atoms with Gasteiger partial charge in [-0.2, -0.15) is 0 Å². The fourth-order valence-electron chi connectivity index (χ4n) is 2.88. The standard InChI is InChI=1S/C13H16BrNOS/c14-9-4-6-15(8-9)13(16)11-2-1-3-12-10(11)5-7-17-12/h5,7,9,11H,1-4,6,8H2. The highest BCUT2D eigenvalue weighted by atomic mass is 79.9. The molecule has 2 heterocycles. The van der Waals surface area contributed by atoms with Gasteiger partial charge >= 0.3 is 0 Å². The Labute approximate surface area is 114 Å². The average molecular weight is 314 g/mol. The van der Waals surface area contributed by atoms with E-state index in [1.54, 1.807) is 0 Å². The van der Waals surface area contributed by atoms with Crippen LogP contribution < -0.4 is 0 Å². The Bertz CT molecular complexity index is 431. The van der Waals surface area contributed by atoms with E-state index in [9.17, 15) is 4.79 Å². The third kappa shape index (κ3) is 2.17. The summed E-state index contributed by atoms with van der Waals surface area (Å²) in [4.78, 5) is 16.5. The first kappa shape index (κ1) is 11.7. The Morgan fingerprint density at radius 1 is 1.47 bits per heavy atom. The molecule has 2 atom stereocenters. The van der Waals surface area contributed by atoms with E-state index in [-0.39, 0.29) is 5.92 Å². The Balaban J connectivity index is 1.80. The number of rotatable bonds is 1. The maximum atomic E-state index is 12.5. The molecular formula is C13H16BrNOS. The van der Waals surface area contributed by atoms with Gasteiger partial charge in [-0.25, -0.2) is 0 Å². The number of nitrogens with zero attached hydrogens (tertiary/aromatic N) is 1. The van der Waals surface area contributed by atoms with Crippen molar-refractivity contribution in [1.82, 2.24) is 4.90 Å². The average Bonchev–Trinajstić information content (AvgIpc) is 2.95. The number of hydrogen-bond donors (Lipinski definition) is 0. The van der Waals surface area contributed by atoms with E-state index < -0.39 is 0 Å². The van der Waals surface area contributed by atoms with E-state index in [0.29, 0.717) is 10.7 Å². The molecule has 2 unspecified atom stereocenters. The number of aryl methyl sites for hydroxylation is 1. The van der Waals surface area contributed by atoms with Gasteiger partial charge < -0.3 is 4.90 Å². The van der Waals surface area contributed by atoms with Gasteiger partial charge in [-0.05, 0) is 42.7 Å². The van der Waals surface area contributed by atoms with Crippen molar-refractivity contribution in [2.75, 3.05) is 13.1 Å². The largest absolute Gasteiger partial charge is 0.341 e. The van der Waals surface area contributed by atoms with Gasteiger partial charge in [-0.3, -0.25) is 4.79 Å². The first-order valence-electron chi connectivity index (χ1n) is 6.25. The third-order valence-corrected chi connectivity index (χ3v) is 5.54. The molecule has 1 aliphatic carbocycles. The number of hydrogen-bond acceptors (Lipinski definition) is 2. The molecule has 1 aromatic rings. The van der Waals surface area contributed by atoms with E-state index in [2.05, 4.69) is 27.4 Å². The minimum Gasteiger partial charge on any atom is -0.341 e. The number of thiophene rings is 1. The van der Waals surface area contributed by atoms with E-state index in [1.807, 2.05) is 16.2 Å². The van der Waals surface area contributed by atoms with E-state index in [1.165, 1.54) is 10.4 Å². The van der Waals surface area contributed by atoms with Crippen LogP contribution in [0, 0.1) is 0 Å². The number of likely N-dealkylation sites (tertiary alicyclic amines) is 1. The summed E-state index contributed by atoms with van der Waals surface area (Å²) < 4.78 is 0. The number of carbonyl (C=O) groups is 1. The molecular weight excluding hydrogens is 298 g/mol. The number of alkyl halides is 1. The van der Waals surface area contributed by atoms with Crippen molar-refractivity contribution in [3.63, 3.8) is 0 Å². The molecule has 1 aliphatic heterocycles. The molecule has 17 heavy (non-hydrogen) atoms. The van der Waals surface area contributed by atoms with Crippen LogP contribution in [0.15, 0.2) is 11.4 Å². The van der Waals surface area contributed by atoms with Crippen LogP contribution in [0.3, 0.4) is 0 Å². The predicted molar refractivity (Wildman–Crippen MR) is 73.9 cm³/mol. The molecule has 0 N–H and O–H groups in total.